The second-order valence-electron chi connectivity index (χ2n) is 4.43. The molecule has 1 atom stereocenters. The van der Waals surface area contributed by atoms with Crippen LogP contribution in [0.15, 0.2) is 40.9 Å². The average molecular weight is 361 g/mol. The van der Waals surface area contributed by atoms with E-state index in [1.807, 2.05) is 12.1 Å². The summed E-state index contributed by atoms with van der Waals surface area (Å²) >= 11 is 9.32. The summed E-state index contributed by atoms with van der Waals surface area (Å²) in [5.41, 5.74) is 1.29. The second kappa shape index (κ2) is 6.66. The number of likely N-dealkylation sites (N-methyl/N-ethyl adjacent to an activating group) is 1. The van der Waals surface area contributed by atoms with Crippen LogP contribution in [0.2, 0.25) is 5.02 Å². The lowest BCUT2D eigenvalue weighted by molar-refractivity contribution is 0.487. The van der Waals surface area contributed by atoms with Gasteiger partial charge in [-0.2, -0.15) is 0 Å². The Morgan fingerprint density at radius 2 is 2.00 bits per heavy atom. The minimum atomic E-state index is -0.824. The van der Waals surface area contributed by atoms with E-state index in [1.165, 1.54) is 6.07 Å². The number of hydrogen-bond donors (Lipinski definition) is 1. The van der Waals surface area contributed by atoms with Gasteiger partial charge in [-0.05, 0) is 58.7 Å². The van der Waals surface area contributed by atoms with Crippen LogP contribution >= 0.6 is 27.5 Å². The molecule has 0 aliphatic heterocycles. The van der Waals surface area contributed by atoms with Crippen molar-refractivity contribution in [2.24, 2.45) is 0 Å². The van der Waals surface area contributed by atoms with E-state index in [2.05, 4.69) is 21.2 Å². The molecule has 5 heteroatoms. The highest BCUT2D eigenvalue weighted by Gasteiger charge is 2.15. The Morgan fingerprint density at radius 1 is 1.25 bits per heavy atom. The molecule has 1 N–H and O–H groups in total. The summed E-state index contributed by atoms with van der Waals surface area (Å²) in [6.07, 6.45) is 0.355. The minimum Gasteiger partial charge on any atom is -0.313 e. The van der Waals surface area contributed by atoms with Crippen LogP contribution in [0.4, 0.5) is 8.78 Å². The number of benzene rings is 2. The van der Waals surface area contributed by atoms with Gasteiger partial charge in [0.2, 0.25) is 0 Å². The van der Waals surface area contributed by atoms with E-state index in [0.717, 1.165) is 16.1 Å². The first-order valence-corrected chi connectivity index (χ1v) is 7.25. The molecule has 0 fully saturated rings. The molecule has 106 valence electrons. The maximum absolute atomic E-state index is 13.7. The topological polar surface area (TPSA) is 12.0 Å². The smallest absolute Gasteiger partial charge is 0.162 e. The summed E-state index contributed by atoms with van der Waals surface area (Å²) in [6, 6.07) is 9.61. The summed E-state index contributed by atoms with van der Waals surface area (Å²) in [5, 5.41) is 3.72. The van der Waals surface area contributed by atoms with Gasteiger partial charge >= 0.3 is 0 Å². The zero-order chi connectivity index (χ0) is 14.7. The van der Waals surface area contributed by atoms with E-state index < -0.39 is 11.6 Å². The fourth-order valence-electron chi connectivity index (χ4n) is 2.04. The highest BCUT2D eigenvalue weighted by molar-refractivity contribution is 9.10. The molecule has 0 saturated carbocycles. The zero-order valence-electron chi connectivity index (χ0n) is 10.8. The molecule has 0 aromatic heterocycles. The van der Waals surface area contributed by atoms with Crippen LogP contribution in [0.1, 0.15) is 17.2 Å². The third-order valence-electron chi connectivity index (χ3n) is 3.15. The van der Waals surface area contributed by atoms with Crippen LogP contribution in [0.3, 0.4) is 0 Å². The van der Waals surface area contributed by atoms with E-state index in [0.29, 0.717) is 17.0 Å². The van der Waals surface area contributed by atoms with E-state index in [1.54, 1.807) is 19.2 Å². The van der Waals surface area contributed by atoms with Crippen molar-refractivity contribution in [3.63, 3.8) is 0 Å². The van der Waals surface area contributed by atoms with E-state index >= 15 is 0 Å². The number of halogens is 4. The van der Waals surface area contributed by atoms with Crippen molar-refractivity contribution in [2.75, 3.05) is 7.05 Å². The number of rotatable bonds is 4. The van der Waals surface area contributed by atoms with Crippen molar-refractivity contribution in [3.8, 4) is 0 Å². The van der Waals surface area contributed by atoms with Gasteiger partial charge in [-0.1, -0.05) is 29.8 Å². The Bertz CT molecular complexity index is 619. The molecule has 0 aliphatic rings. The molecule has 0 spiro atoms. The third-order valence-corrected chi connectivity index (χ3v) is 4.36. The van der Waals surface area contributed by atoms with Crippen molar-refractivity contribution in [1.29, 1.82) is 0 Å². The van der Waals surface area contributed by atoms with Gasteiger partial charge in [-0.25, -0.2) is 8.78 Å². The van der Waals surface area contributed by atoms with E-state index in [4.69, 9.17) is 11.6 Å². The molecule has 0 saturated heterocycles. The lowest BCUT2D eigenvalue weighted by Gasteiger charge is -2.18. The fourth-order valence-corrected chi connectivity index (χ4v) is 2.56. The largest absolute Gasteiger partial charge is 0.313 e. The normalized spacial score (nSPS) is 12.4. The van der Waals surface area contributed by atoms with Gasteiger partial charge in [-0.15, -0.1) is 0 Å². The molecule has 0 heterocycles. The third kappa shape index (κ3) is 3.37. The molecule has 0 radical (unpaired) electrons. The van der Waals surface area contributed by atoms with Crippen molar-refractivity contribution < 1.29 is 8.78 Å². The van der Waals surface area contributed by atoms with Crippen molar-refractivity contribution in [3.05, 3.63) is 68.7 Å². The first kappa shape index (κ1) is 15.4. The molecule has 20 heavy (non-hydrogen) atoms. The van der Waals surface area contributed by atoms with Gasteiger partial charge in [0.15, 0.2) is 11.6 Å². The monoisotopic (exact) mass is 359 g/mol. The maximum Gasteiger partial charge on any atom is 0.162 e. The van der Waals surface area contributed by atoms with Crippen LogP contribution in [0, 0.1) is 11.6 Å². The summed E-state index contributed by atoms with van der Waals surface area (Å²) in [7, 11) is 1.78. The van der Waals surface area contributed by atoms with Gasteiger partial charge in [-0.3, -0.25) is 0 Å². The van der Waals surface area contributed by atoms with Crippen LogP contribution in [-0.2, 0) is 6.42 Å². The van der Waals surface area contributed by atoms with Gasteiger partial charge in [0.05, 0.1) is 5.02 Å². The van der Waals surface area contributed by atoms with Gasteiger partial charge in [0.1, 0.15) is 0 Å². The highest BCUT2D eigenvalue weighted by Crippen LogP contribution is 2.28. The molecule has 0 bridgehead atoms. The first-order chi connectivity index (χ1) is 9.52. The van der Waals surface area contributed by atoms with Crippen LogP contribution in [0.25, 0.3) is 0 Å². The maximum atomic E-state index is 13.7. The fraction of sp³-hybridized carbons (Fsp3) is 0.200. The van der Waals surface area contributed by atoms with Crippen LogP contribution in [0.5, 0.6) is 0 Å². The molecule has 2 aromatic rings. The Kier molecular flexibility index (Phi) is 5.13. The van der Waals surface area contributed by atoms with Crippen LogP contribution < -0.4 is 5.32 Å². The van der Waals surface area contributed by atoms with Crippen molar-refractivity contribution >= 4 is 27.5 Å². The average Bonchev–Trinajstić information content (AvgIpc) is 2.44. The first-order valence-electron chi connectivity index (χ1n) is 6.08. The molecule has 0 aliphatic carbocycles. The Balaban J connectivity index is 2.28. The highest BCUT2D eigenvalue weighted by atomic mass is 79.9. The molecule has 2 aromatic carbocycles. The minimum absolute atomic E-state index is 0.125. The van der Waals surface area contributed by atoms with E-state index in [9.17, 15) is 8.78 Å². The number of hydrogen-bond acceptors (Lipinski definition) is 1. The molecule has 2 rings (SSSR count). The molecule has 1 unspecified atom stereocenters. The predicted molar refractivity (Wildman–Crippen MR) is 81.0 cm³/mol. The standard InChI is InChI=1S/C15H13BrClF2N/c1-20-14(9-5-6-12(17)11(16)7-9)8-10-3-2-4-13(18)15(10)19/h2-7,14,20H,8H2,1H3. The molecular weight excluding hydrogens is 348 g/mol. The Hall–Kier alpha value is -0.970. The summed E-state index contributed by atoms with van der Waals surface area (Å²) < 4.78 is 27.7. The molecule has 0 amide bonds. The summed E-state index contributed by atoms with van der Waals surface area (Å²) in [4.78, 5) is 0. The summed E-state index contributed by atoms with van der Waals surface area (Å²) in [6.45, 7) is 0. The predicted octanol–water partition coefficient (Wildman–Crippen LogP) is 4.88. The molecule has 1 nitrogen and oxygen atoms in total. The SMILES string of the molecule is CNC(Cc1cccc(F)c1F)c1ccc(Cl)c(Br)c1. The zero-order valence-corrected chi connectivity index (χ0v) is 13.1. The Labute approximate surface area is 130 Å². The lowest BCUT2D eigenvalue weighted by Crippen LogP contribution is -2.19. The Morgan fingerprint density at radius 3 is 2.65 bits per heavy atom. The quantitative estimate of drug-likeness (QED) is 0.819. The van der Waals surface area contributed by atoms with Crippen molar-refractivity contribution in [2.45, 2.75) is 12.5 Å². The van der Waals surface area contributed by atoms with E-state index in [-0.39, 0.29) is 6.04 Å². The lowest BCUT2D eigenvalue weighted by atomic mass is 9.98. The number of nitrogens with one attached hydrogen (secondary N) is 1. The van der Waals surface area contributed by atoms with Crippen LogP contribution in [-0.4, -0.2) is 7.05 Å². The van der Waals surface area contributed by atoms with Gasteiger partial charge in [0, 0.05) is 10.5 Å². The molecular formula is C15H13BrClF2N. The van der Waals surface area contributed by atoms with Gasteiger partial charge < -0.3 is 5.32 Å². The van der Waals surface area contributed by atoms with Gasteiger partial charge in [0.25, 0.3) is 0 Å². The second-order valence-corrected chi connectivity index (χ2v) is 5.69. The van der Waals surface area contributed by atoms with Crippen molar-refractivity contribution in [1.82, 2.24) is 5.32 Å². The summed E-state index contributed by atoms with van der Waals surface area (Å²) in [5.74, 6) is -1.62.